The summed E-state index contributed by atoms with van der Waals surface area (Å²) < 4.78 is 84.1. The van der Waals surface area contributed by atoms with Crippen molar-refractivity contribution in [3.05, 3.63) is 120 Å². The number of thioether (sulfide) groups is 1. The second-order valence-corrected chi connectivity index (χ2v) is 11.1. The first-order chi connectivity index (χ1) is 22.8. The van der Waals surface area contributed by atoms with E-state index < -0.39 is 12.7 Å². The standard InChI is InChI=1S/C33H26F6N6O2S/c1-21-4-3-5-22(2)29(21)42-31(48-19-24-8-14-27(15-9-24)46-32(34,35)36)43-41-18-23-6-10-25(11-7-23)30-40-20-45(44-30)26-12-16-28(17-13-26)47-33(37,38)39/h3-18,20H,19H2,1-2H3,(H,42,43)/b41-18-. The predicted octanol–water partition coefficient (Wildman–Crippen LogP) is 8.89. The quantitative estimate of drug-likeness (QED) is 0.0723. The van der Waals surface area contributed by atoms with E-state index in [1.165, 1.54) is 59.2 Å². The van der Waals surface area contributed by atoms with Crippen molar-refractivity contribution in [2.45, 2.75) is 32.3 Å². The Kier molecular flexibility index (Phi) is 10.4. The zero-order valence-corrected chi connectivity index (χ0v) is 26.1. The number of ether oxygens (including phenoxy) is 2. The largest absolute Gasteiger partial charge is 0.573 e. The van der Waals surface area contributed by atoms with Crippen LogP contribution in [-0.4, -0.2) is 38.9 Å². The van der Waals surface area contributed by atoms with Gasteiger partial charge in [-0.3, -0.25) is 5.43 Å². The molecule has 0 spiro atoms. The normalized spacial score (nSPS) is 12.4. The monoisotopic (exact) mass is 684 g/mol. The highest BCUT2D eigenvalue weighted by Gasteiger charge is 2.31. The Balaban J connectivity index is 1.25. The highest BCUT2D eigenvalue weighted by molar-refractivity contribution is 8.13. The summed E-state index contributed by atoms with van der Waals surface area (Å²) in [5.74, 6) is 0.170. The van der Waals surface area contributed by atoms with Gasteiger partial charge in [-0.05, 0) is 72.5 Å². The molecule has 0 aliphatic rings. The fraction of sp³-hybridized carbons (Fsp3) is 0.152. The minimum atomic E-state index is -4.78. The summed E-state index contributed by atoms with van der Waals surface area (Å²) in [4.78, 5) is 9.08. The van der Waals surface area contributed by atoms with Crippen LogP contribution in [0.1, 0.15) is 22.3 Å². The molecule has 1 aromatic heterocycles. The van der Waals surface area contributed by atoms with Gasteiger partial charge in [-0.1, -0.05) is 66.4 Å². The second-order valence-electron chi connectivity index (χ2n) is 10.2. The molecule has 0 fully saturated rings. The van der Waals surface area contributed by atoms with Crippen molar-refractivity contribution < 1.29 is 35.8 Å². The summed E-state index contributed by atoms with van der Waals surface area (Å²) in [6.07, 6.45) is -6.49. The van der Waals surface area contributed by atoms with Gasteiger partial charge in [-0.2, -0.15) is 5.10 Å². The highest BCUT2D eigenvalue weighted by Crippen LogP contribution is 2.28. The van der Waals surface area contributed by atoms with Gasteiger partial charge in [0.05, 0.1) is 17.6 Å². The van der Waals surface area contributed by atoms with Crippen LogP contribution in [0, 0.1) is 13.8 Å². The van der Waals surface area contributed by atoms with E-state index >= 15 is 0 Å². The lowest BCUT2D eigenvalue weighted by molar-refractivity contribution is -0.275. The second kappa shape index (κ2) is 14.6. The maximum atomic E-state index is 12.5. The topological polar surface area (TPSA) is 85.9 Å². The number of hydrogen-bond acceptors (Lipinski definition) is 7. The van der Waals surface area contributed by atoms with Crippen LogP contribution in [0.3, 0.4) is 0 Å². The SMILES string of the molecule is Cc1cccc(C)c1N=C(N/N=C\c1ccc(-c2ncn(-c3ccc(OC(F)(F)F)cc3)n2)cc1)SCc1ccc(OC(F)(F)F)cc1. The van der Waals surface area contributed by atoms with E-state index in [4.69, 9.17) is 4.99 Å². The summed E-state index contributed by atoms with van der Waals surface area (Å²) in [6.45, 7) is 3.89. The maximum absolute atomic E-state index is 12.5. The smallest absolute Gasteiger partial charge is 0.406 e. The van der Waals surface area contributed by atoms with Crippen LogP contribution in [0.5, 0.6) is 11.5 Å². The minimum absolute atomic E-state index is 0.299. The van der Waals surface area contributed by atoms with Crippen LogP contribution in [0.2, 0.25) is 0 Å². The van der Waals surface area contributed by atoms with E-state index in [1.54, 1.807) is 30.5 Å². The van der Waals surface area contributed by atoms with Crippen LogP contribution in [0.4, 0.5) is 32.0 Å². The Bertz CT molecular complexity index is 1870. The third-order valence-corrected chi connectivity index (χ3v) is 7.49. The van der Waals surface area contributed by atoms with E-state index in [0.717, 1.165) is 27.9 Å². The number of benzene rings is 4. The molecule has 0 aliphatic carbocycles. The number of aryl methyl sites for hydroxylation is 2. The van der Waals surface area contributed by atoms with Crippen LogP contribution in [0.25, 0.3) is 17.1 Å². The summed E-state index contributed by atoms with van der Waals surface area (Å²) in [7, 11) is 0. The molecule has 5 rings (SSSR count). The van der Waals surface area contributed by atoms with E-state index in [1.807, 2.05) is 44.2 Å². The van der Waals surface area contributed by atoms with E-state index in [9.17, 15) is 26.3 Å². The lowest BCUT2D eigenvalue weighted by Crippen LogP contribution is -2.17. The van der Waals surface area contributed by atoms with Gasteiger partial charge >= 0.3 is 12.7 Å². The van der Waals surface area contributed by atoms with Crippen LogP contribution in [-0.2, 0) is 5.75 Å². The maximum Gasteiger partial charge on any atom is 0.573 e. The number of aliphatic imine (C=N–C) groups is 1. The van der Waals surface area contributed by atoms with Gasteiger partial charge < -0.3 is 9.47 Å². The van der Waals surface area contributed by atoms with Crippen molar-refractivity contribution in [3.63, 3.8) is 0 Å². The summed E-state index contributed by atoms with van der Waals surface area (Å²) in [5.41, 5.74) is 8.40. The molecule has 4 aromatic carbocycles. The predicted molar refractivity (Wildman–Crippen MR) is 172 cm³/mol. The van der Waals surface area contributed by atoms with E-state index in [0.29, 0.717) is 28.0 Å². The van der Waals surface area contributed by atoms with Crippen molar-refractivity contribution >= 4 is 28.8 Å². The van der Waals surface area contributed by atoms with Crippen molar-refractivity contribution in [2.75, 3.05) is 0 Å². The molecule has 0 bridgehead atoms. The zero-order chi connectivity index (χ0) is 34.3. The van der Waals surface area contributed by atoms with Crippen molar-refractivity contribution in [1.82, 2.24) is 20.2 Å². The van der Waals surface area contributed by atoms with Gasteiger partial charge in [0, 0.05) is 11.3 Å². The fourth-order valence-corrected chi connectivity index (χ4v) is 5.08. The molecule has 0 aliphatic heterocycles. The molecule has 248 valence electrons. The van der Waals surface area contributed by atoms with Crippen molar-refractivity contribution in [1.29, 1.82) is 0 Å². The number of halogens is 6. The van der Waals surface area contributed by atoms with Gasteiger partial charge in [0.2, 0.25) is 0 Å². The van der Waals surface area contributed by atoms with Crippen LogP contribution >= 0.6 is 11.8 Å². The summed E-state index contributed by atoms with van der Waals surface area (Å²) in [5, 5.41) is 9.24. The van der Waals surface area contributed by atoms with Gasteiger partial charge in [0.15, 0.2) is 11.0 Å². The van der Waals surface area contributed by atoms with E-state index in [-0.39, 0.29) is 11.5 Å². The first kappa shape index (κ1) is 34.0. The molecule has 0 saturated carbocycles. The molecule has 0 radical (unpaired) electrons. The molecule has 15 heteroatoms. The molecule has 0 saturated heterocycles. The Labute approximate surface area is 275 Å². The lowest BCUT2D eigenvalue weighted by atomic mass is 10.1. The van der Waals surface area contributed by atoms with E-state index in [2.05, 4.69) is 30.1 Å². The summed E-state index contributed by atoms with van der Waals surface area (Å²) in [6, 6.07) is 23.9. The molecule has 0 unspecified atom stereocenters. The van der Waals surface area contributed by atoms with Gasteiger partial charge in [0.1, 0.15) is 17.8 Å². The van der Waals surface area contributed by atoms with Gasteiger partial charge in [-0.25, -0.2) is 14.7 Å². The van der Waals surface area contributed by atoms with Crippen molar-refractivity contribution in [3.8, 4) is 28.6 Å². The number of para-hydroxylation sites is 1. The van der Waals surface area contributed by atoms with Crippen molar-refractivity contribution in [2.24, 2.45) is 10.1 Å². The number of nitrogens with zero attached hydrogens (tertiary/aromatic N) is 5. The fourth-order valence-electron chi connectivity index (χ4n) is 4.31. The molecule has 1 N–H and O–H groups in total. The average molecular weight is 685 g/mol. The number of aromatic nitrogens is 3. The molecule has 48 heavy (non-hydrogen) atoms. The number of alkyl halides is 6. The first-order valence-corrected chi connectivity index (χ1v) is 15.1. The molecule has 0 atom stereocenters. The molecule has 0 amide bonds. The third kappa shape index (κ3) is 9.84. The molecule has 5 aromatic rings. The minimum Gasteiger partial charge on any atom is -0.406 e. The molecule has 1 heterocycles. The lowest BCUT2D eigenvalue weighted by Gasteiger charge is -2.11. The average Bonchev–Trinajstić information content (AvgIpc) is 3.52. The summed E-state index contributed by atoms with van der Waals surface area (Å²) >= 11 is 1.33. The Hall–Kier alpha value is -5.31. The molecular formula is C33H26F6N6O2S. The van der Waals surface area contributed by atoms with Gasteiger partial charge in [0.25, 0.3) is 0 Å². The van der Waals surface area contributed by atoms with Crippen LogP contribution < -0.4 is 14.9 Å². The molecular weight excluding hydrogens is 658 g/mol. The number of hydrazone groups is 1. The highest BCUT2D eigenvalue weighted by atomic mass is 32.2. The number of amidine groups is 1. The molecule has 8 nitrogen and oxygen atoms in total. The Morgan fingerprint density at radius 1 is 0.812 bits per heavy atom. The first-order valence-electron chi connectivity index (χ1n) is 14.1. The number of rotatable bonds is 9. The Morgan fingerprint density at radius 2 is 1.40 bits per heavy atom. The zero-order valence-electron chi connectivity index (χ0n) is 25.3. The van der Waals surface area contributed by atoms with Crippen LogP contribution in [0.15, 0.2) is 107 Å². The number of nitrogens with one attached hydrogen (secondary N) is 1. The van der Waals surface area contributed by atoms with Gasteiger partial charge in [-0.15, -0.1) is 31.4 Å². The Morgan fingerprint density at radius 3 is 1.98 bits per heavy atom. The third-order valence-electron chi connectivity index (χ3n) is 6.55. The number of hydrogen-bond donors (Lipinski definition) is 1.